The monoisotopic (exact) mass is 341 g/mol. The van der Waals surface area contributed by atoms with E-state index in [-0.39, 0.29) is 6.03 Å². The van der Waals surface area contributed by atoms with E-state index in [0.717, 1.165) is 11.3 Å². The minimum absolute atomic E-state index is 0.217. The van der Waals surface area contributed by atoms with Crippen molar-refractivity contribution in [3.8, 4) is 0 Å². The summed E-state index contributed by atoms with van der Waals surface area (Å²) in [6.07, 6.45) is 5.01. The second-order valence-corrected chi connectivity index (χ2v) is 5.66. The molecule has 0 unspecified atom stereocenters. The second kappa shape index (κ2) is 7.66. The van der Waals surface area contributed by atoms with Crippen LogP contribution in [0.1, 0.15) is 11.3 Å². The van der Waals surface area contributed by atoms with Gasteiger partial charge < -0.3 is 14.6 Å². The molecule has 0 bridgehead atoms. The third kappa shape index (κ3) is 4.36. The van der Waals surface area contributed by atoms with Gasteiger partial charge in [0.2, 0.25) is 0 Å². The van der Waals surface area contributed by atoms with Crippen LogP contribution in [0.4, 0.5) is 10.5 Å². The molecule has 0 saturated heterocycles. The van der Waals surface area contributed by atoms with Gasteiger partial charge in [-0.15, -0.1) is 0 Å². The van der Waals surface area contributed by atoms with Crippen molar-refractivity contribution in [2.75, 3.05) is 5.32 Å². The molecule has 0 radical (unpaired) electrons. The molecular formula is C18H16ClN3O2. The van der Waals surface area contributed by atoms with Gasteiger partial charge in [0, 0.05) is 29.6 Å². The molecule has 6 heteroatoms. The lowest BCUT2D eigenvalue weighted by atomic mass is 10.2. The van der Waals surface area contributed by atoms with Crippen LogP contribution in [0.5, 0.6) is 0 Å². The zero-order chi connectivity index (χ0) is 16.8. The topological polar surface area (TPSA) is 58.4 Å². The van der Waals surface area contributed by atoms with Crippen molar-refractivity contribution < 1.29 is 9.21 Å². The number of rotatable bonds is 5. The molecule has 0 saturated carbocycles. The summed E-state index contributed by atoms with van der Waals surface area (Å²) >= 11 is 5.87. The summed E-state index contributed by atoms with van der Waals surface area (Å²) in [6.45, 7) is 0.817. The summed E-state index contributed by atoms with van der Waals surface area (Å²) in [6, 6.07) is 14.2. The van der Waals surface area contributed by atoms with Gasteiger partial charge in [-0.1, -0.05) is 11.6 Å². The number of nitrogens with zero attached hydrogens (tertiary/aromatic N) is 2. The molecule has 0 fully saturated rings. The highest BCUT2D eigenvalue weighted by Crippen LogP contribution is 2.16. The third-order valence-electron chi connectivity index (χ3n) is 3.43. The van der Waals surface area contributed by atoms with Gasteiger partial charge in [0.05, 0.1) is 12.8 Å². The molecule has 122 valence electrons. The zero-order valence-electron chi connectivity index (χ0n) is 12.9. The summed E-state index contributed by atoms with van der Waals surface area (Å²) in [5, 5.41) is 3.50. The van der Waals surface area contributed by atoms with Crippen molar-refractivity contribution in [1.29, 1.82) is 0 Å². The first-order valence-electron chi connectivity index (χ1n) is 7.43. The van der Waals surface area contributed by atoms with Crippen LogP contribution in [0.25, 0.3) is 0 Å². The molecule has 2 amide bonds. The molecule has 3 rings (SSSR count). The Labute approximate surface area is 144 Å². The molecule has 24 heavy (non-hydrogen) atoms. The number of carbonyl (C=O) groups is 1. The van der Waals surface area contributed by atoms with Gasteiger partial charge in [0.25, 0.3) is 0 Å². The van der Waals surface area contributed by atoms with Gasteiger partial charge in [-0.05, 0) is 54.1 Å². The zero-order valence-corrected chi connectivity index (χ0v) is 13.6. The first kappa shape index (κ1) is 16.1. The third-order valence-corrected chi connectivity index (χ3v) is 3.68. The predicted octanol–water partition coefficient (Wildman–Crippen LogP) is 4.56. The first-order chi connectivity index (χ1) is 11.7. The Balaban J connectivity index is 1.74. The van der Waals surface area contributed by atoms with Gasteiger partial charge >= 0.3 is 6.03 Å². The first-order valence-corrected chi connectivity index (χ1v) is 7.81. The number of pyridine rings is 1. The molecule has 2 aromatic heterocycles. The molecule has 0 aliphatic rings. The van der Waals surface area contributed by atoms with E-state index < -0.39 is 0 Å². The fourth-order valence-electron chi connectivity index (χ4n) is 2.23. The standard InChI is InChI=1S/C18H16ClN3O2/c19-15-3-5-16(6-4-15)21-18(23)22(13-17-2-1-11-24-17)12-14-7-9-20-10-8-14/h1-11H,12-13H2,(H,21,23). The Morgan fingerprint density at radius 2 is 1.83 bits per heavy atom. The van der Waals surface area contributed by atoms with E-state index >= 15 is 0 Å². The quantitative estimate of drug-likeness (QED) is 0.740. The molecule has 2 heterocycles. The average molecular weight is 342 g/mol. The summed E-state index contributed by atoms with van der Waals surface area (Å²) in [4.78, 5) is 18.3. The summed E-state index contributed by atoms with van der Waals surface area (Å²) < 4.78 is 5.37. The number of amides is 2. The number of hydrogen-bond donors (Lipinski definition) is 1. The molecule has 1 N–H and O–H groups in total. The number of aromatic nitrogens is 1. The fourth-order valence-corrected chi connectivity index (χ4v) is 2.36. The predicted molar refractivity (Wildman–Crippen MR) is 92.7 cm³/mol. The molecule has 5 nitrogen and oxygen atoms in total. The molecule has 0 spiro atoms. The van der Waals surface area contributed by atoms with Crippen molar-refractivity contribution in [3.63, 3.8) is 0 Å². The van der Waals surface area contributed by atoms with Crippen molar-refractivity contribution in [3.05, 3.63) is 83.5 Å². The van der Waals surface area contributed by atoms with Crippen LogP contribution in [0.3, 0.4) is 0 Å². The molecule has 3 aromatic rings. The minimum atomic E-state index is -0.217. The highest BCUT2D eigenvalue weighted by molar-refractivity contribution is 6.30. The van der Waals surface area contributed by atoms with E-state index in [2.05, 4.69) is 10.3 Å². The summed E-state index contributed by atoms with van der Waals surface area (Å²) in [5.74, 6) is 0.718. The van der Waals surface area contributed by atoms with Crippen molar-refractivity contribution in [2.45, 2.75) is 13.1 Å². The Bertz CT molecular complexity index is 774. The molecule has 0 aliphatic carbocycles. The van der Waals surface area contributed by atoms with E-state index in [1.165, 1.54) is 0 Å². The molecule has 0 aliphatic heterocycles. The number of nitrogens with one attached hydrogen (secondary N) is 1. The Morgan fingerprint density at radius 3 is 2.50 bits per heavy atom. The normalized spacial score (nSPS) is 10.4. The van der Waals surface area contributed by atoms with Gasteiger partial charge in [0.1, 0.15) is 5.76 Å². The number of hydrogen-bond acceptors (Lipinski definition) is 3. The maximum absolute atomic E-state index is 12.7. The molecular weight excluding hydrogens is 326 g/mol. The Morgan fingerprint density at radius 1 is 1.08 bits per heavy atom. The van der Waals surface area contributed by atoms with Gasteiger partial charge in [-0.3, -0.25) is 4.98 Å². The van der Waals surface area contributed by atoms with Crippen LogP contribution in [0, 0.1) is 0 Å². The van der Waals surface area contributed by atoms with Crippen LogP contribution < -0.4 is 5.32 Å². The lowest BCUT2D eigenvalue weighted by molar-refractivity contribution is 0.201. The summed E-state index contributed by atoms with van der Waals surface area (Å²) in [7, 11) is 0. The maximum Gasteiger partial charge on any atom is 0.322 e. The van der Waals surface area contributed by atoms with Crippen LogP contribution in [-0.2, 0) is 13.1 Å². The van der Waals surface area contributed by atoms with E-state index in [1.807, 2.05) is 18.2 Å². The van der Waals surface area contributed by atoms with Gasteiger partial charge in [-0.2, -0.15) is 0 Å². The highest BCUT2D eigenvalue weighted by Gasteiger charge is 2.16. The number of anilines is 1. The molecule has 1 aromatic carbocycles. The molecule has 0 atom stereocenters. The maximum atomic E-state index is 12.7. The van der Waals surface area contributed by atoms with Crippen molar-refractivity contribution in [1.82, 2.24) is 9.88 Å². The smallest absolute Gasteiger partial charge is 0.322 e. The number of furan rings is 1. The lowest BCUT2D eigenvalue weighted by Crippen LogP contribution is -2.33. The van der Waals surface area contributed by atoms with E-state index in [1.54, 1.807) is 53.9 Å². The van der Waals surface area contributed by atoms with Crippen molar-refractivity contribution >= 4 is 23.3 Å². The largest absolute Gasteiger partial charge is 0.467 e. The van der Waals surface area contributed by atoms with Gasteiger partial charge in [-0.25, -0.2) is 4.79 Å². The number of benzene rings is 1. The van der Waals surface area contributed by atoms with Gasteiger partial charge in [0.15, 0.2) is 0 Å². The van der Waals surface area contributed by atoms with Crippen LogP contribution >= 0.6 is 11.6 Å². The lowest BCUT2D eigenvalue weighted by Gasteiger charge is -2.22. The Hall–Kier alpha value is -2.79. The number of halogens is 1. The van der Waals surface area contributed by atoms with Crippen LogP contribution in [-0.4, -0.2) is 15.9 Å². The Kier molecular flexibility index (Phi) is 5.13. The SMILES string of the molecule is O=C(Nc1ccc(Cl)cc1)N(Cc1ccncc1)Cc1ccco1. The summed E-state index contributed by atoms with van der Waals surface area (Å²) in [5.41, 5.74) is 1.67. The average Bonchev–Trinajstić information content (AvgIpc) is 3.10. The van der Waals surface area contributed by atoms with E-state index in [0.29, 0.717) is 23.8 Å². The van der Waals surface area contributed by atoms with Crippen LogP contribution in [0.15, 0.2) is 71.6 Å². The number of urea groups is 1. The van der Waals surface area contributed by atoms with Crippen LogP contribution in [0.2, 0.25) is 5.02 Å². The van der Waals surface area contributed by atoms with E-state index in [4.69, 9.17) is 16.0 Å². The van der Waals surface area contributed by atoms with E-state index in [9.17, 15) is 4.79 Å². The van der Waals surface area contributed by atoms with Crippen molar-refractivity contribution in [2.24, 2.45) is 0 Å². The minimum Gasteiger partial charge on any atom is -0.467 e. The number of carbonyl (C=O) groups excluding carboxylic acids is 1. The highest BCUT2D eigenvalue weighted by atomic mass is 35.5. The second-order valence-electron chi connectivity index (χ2n) is 5.23. The fraction of sp³-hybridized carbons (Fsp3) is 0.111.